The lowest BCUT2D eigenvalue weighted by molar-refractivity contribution is 0.552. The summed E-state index contributed by atoms with van der Waals surface area (Å²) in [7, 11) is -3.69. The van der Waals surface area contributed by atoms with Crippen molar-refractivity contribution in [1.29, 1.82) is 0 Å². The van der Waals surface area contributed by atoms with Crippen molar-refractivity contribution in [2.45, 2.75) is 30.6 Å². The summed E-state index contributed by atoms with van der Waals surface area (Å²) in [6.45, 7) is 0.382. The van der Waals surface area contributed by atoms with E-state index < -0.39 is 15.8 Å². The highest BCUT2D eigenvalue weighted by Crippen LogP contribution is 2.33. The lowest BCUT2D eigenvalue weighted by atomic mass is 10.2. The van der Waals surface area contributed by atoms with Gasteiger partial charge in [-0.25, -0.2) is 17.5 Å². The molecule has 1 fully saturated rings. The highest BCUT2D eigenvalue weighted by molar-refractivity contribution is 7.89. The van der Waals surface area contributed by atoms with Crippen LogP contribution in [0.15, 0.2) is 29.2 Å². The van der Waals surface area contributed by atoms with Crippen LogP contribution in [-0.2, 0) is 10.0 Å². The van der Waals surface area contributed by atoms with Crippen LogP contribution in [0.1, 0.15) is 25.7 Å². The Morgan fingerprint density at radius 1 is 1.29 bits per heavy atom. The van der Waals surface area contributed by atoms with Crippen LogP contribution in [0.25, 0.3) is 0 Å². The molecule has 0 bridgehead atoms. The minimum atomic E-state index is -3.69. The molecule has 3 nitrogen and oxygen atoms in total. The van der Waals surface area contributed by atoms with Crippen molar-refractivity contribution in [1.82, 2.24) is 4.72 Å². The Morgan fingerprint density at radius 3 is 2.65 bits per heavy atom. The predicted molar refractivity (Wildman–Crippen MR) is 63.5 cm³/mol. The second kappa shape index (κ2) is 5.14. The van der Waals surface area contributed by atoms with Crippen molar-refractivity contribution in [2.75, 3.05) is 6.54 Å². The molecule has 17 heavy (non-hydrogen) atoms. The lowest BCUT2D eigenvalue weighted by Gasteiger charge is -2.07. The zero-order chi connectivity index (χ0) is 12.3. The standard InChI is InChI=1S/C12H16FNO2S/c13-11-5-1-2-6-12(11)17(15,16)14-9-3-4-10-7-8-10/h1-2,5-6,10,14H,3-4,7-9H2. The quantitative estimate of drug-likeness (QED) is 0.795. The Bertz CT molecular complexity index is 483. The van der Waals surface area contributed by atoms with E-state index in [0.29, 0.717) is 6.54 Å². The Hall–Kier alpha value is -0.940. The van der Waals surface area contributed by atoms with E-state index in [9.17, 15) is 12.8 Å². The van der Waals surface area contributed by atoms with Crippen molar-refractivity contribution in [2.24, 2.45) is 5.92 Å². The molecule has 5 heteroatoms. The SMILES string of the molecule is O=S(=O)(NCCCC1CC1)c1ccccc1F. The first-order chi connectivity index (χ1) is 8.09. The molecule has 0 amide bonds. The summed E-state index contributed by atoms with van der Waals surface area (Å²) in [5.41, 5.74) is 0. The first-order valence-corrected chi connectivity index (χ1v) is 7.32. The van der Waals surface area contributed by atoms with Gasteiger partial charge in [-0.3, -0.25) is 0 Å². The van der Waals surface area contributed by atoms with Crippen LogP contribution in [-0.4, -0.2) is 15.0 Å². The van der Waals surface area contributed by atoms with Gasteiger partial charge in [-0.2, -0.15) is 0 Å². The van der Waals surface area contributed by atoms with Crippen molar-refractivity contribution in [3.05, 3.63) is 30.1 Å². The molecule has 0 aromatic heterocycles. The van der Waals surface area contributed by atoms with E-state index in [1.165, 1.54) is 31.0 Å². The zero-order valence-corrected chi connectivity index (χ0v) is 10.3. The van der Waals surface area contributed by atoms with Gasteiger partial charge in [0.05, 0.1) is 0 Å². The van der Waals surface area contributed by atoms with E-state index in [-0.39, 0.29) is 4.90 Å². The monoisotopic (exact) mass is 257 g/mol. The highest BCUT2D eigenvalue weighted by Gasteiger charge is 2.21. The van der Waals surface area contributed by atoms with Crippen LogP contribution in [0.4, 0.5) is 4.39 Å². The molecule has 1 aromatic carbocycles. The lowest BCUT2D eigenvalue weighted by Crippen LogP contribution is -2.25. The van der Waals surface area contributed by atoms with E-state index in [0.717, 1.165) is 24.8 Å². The second-order valence-corrected chi connectivity index (χ2v) is 6.15. The van der Waals surface area contributed by atoms with Gasteiger partial charge in [0.15, 0.2) is 0 Å². The zero-order valence-electron chi connectivity index (χ0n) is 9.52. The summed E-state index contributed by atoms with van der Waals surface area (Å²) in [6.07, 6.45) is 4.40. The Balaban J connectivity index is 1.91. The van der Waals surface area contributed by atoms with Crippen molar-refractivity contribution < 1.29 is 12.8 Å². The molecule has 1 saturated carbocycles. The Morgan fingerprint density at radius 2 is 2.00 bits per heavy atom. The molecule has 1 aliphatic carbocycles. The van der Waals surface area contributed by atoms with Gasteiger partial charge < -0.3 is 0 Å². The number of hydrogen-bond donors (Lipinski definition) is 1. The van der Waals surface area contributed by atoms with Crippen LogP contribution in [0, 0.1) is 11.7 Å². The summed E-state index contributed by atoms with van der Waals surface area (Å²) in [5, 5.41) is 0. The predicted octanol–water partition coefficient (Wildman–Crippen LogP) is 2.29. The number of hydrogen-bond acceptors (Lipinski definition) is 2. The maximum atomic E-state index is 13.3. The molecule has 94 valence electrons. The van der Waals surface area contributed by atoms with Gasteiger partial charge in [-0.1, -0.05) is 25.0 Å². The van der Waals surface area contributed by atoms with Gasteiger partial charge in [-0.05, 0) is 30.9 Å². The number of rotatable bonds is 6. The number of benzene rings is 1. The van der Waals surface area contributed by atoms with Gasteiger partial charge >= 0.3 is 0 Å². The van der Waals surface area contributed by atoms with Crippen LogP contribution in [0.5, 0.6) is 0 Å². The Kier molecular flexibility index (Phi) is 3.79. The minimum absolute atomic E-state index is 0.272. The maximum absolute atomic E-state index is 13.3. The van der Waals surface area contributed by atoms with E-state index >= 15 is 0 Å². The molecular formula is C12H16FNO2S. The fourth-order valence-corrected chi connectivity index (χ4v) is 2.90. The number of halogens is 1. The summed E-state index contributed by atoms with van der Waals surface area (Å²) < 4.78 is 39.3. The third kappa shape index (κ3) is 3.51. The van der Waals surface area contributed by atoms with Gasteiger partial charge in [-0.15, -0.1) is 0 Å². The molecule has 0 atom stereocenters. The fourth-order valence-electron chi connectivity index (χ4n) is 1.74. The number of sulfonamides is 1. The fraction of sp³-hybridized carbons (Fsp3) is 0.500. The average Bonchev–Trinajstić information content (AvgIpc) is 3.09. The molecule has 0 unspecified atom stereocenters. The molecule has 0 radical (unpaired) electrons. The molecule has 0 spiro atoms. The summed E-state index contributed by atoms with van der Waals surface area (Å²) >= 11 is 0. The van der Waals surface area contributed by atoms with E-state index in [2.05, 4.69) is 4.72 Å². The normalized spacial score (nSPS) is 16.1. The minimum Gasteiger partial charge on any atom is -0.211 e. The van der Waals surface area contributed by atoms with Gasteiger partial charge in [0, 0.05) is 6.54 Å². The molecule has 1 N–H and O–H groups in total. The third-order valence-corrected chi connectivity index (χ3v) is 4.40. The van der Waals surface area contributed by atoms with Gasteiger partial charge in [0.1, 0.15) is 10.7 Å². The molecular weight excluding hydrogens is 241 g/mol. The smallest absolute Gasteiger partial charge is 0.211 e. The third-order valence-electron chi connectivity index (χ3n) is 2.90. The largest absolute Gasteiger partial charge is 0.243 e. The summed E-state index contributed by atoms with van der Waals surface area (Å²) in [4.78, 5) is -0.272. The molecule has 0 heterocycles. The second-order valence-electron chi connectivity index (χ2n) is 4.41. The van der Waals surface area contributed by atoms with Crippen LogP contribution >= 0.6 is 0 Å². The van der Waals surface area contributed by atoms with Crippen LogP contribution < -0.4 is 4.72 Å². The maximum Gasteiger partial charge on any atom is 0.243 e. The molecule has 0 saturated heterocycles. The Labute approximate surface area is 101 Å². The first-order valence-electron chi connectivity index (χ1n) is 5.84. The summed E-state index contributed by atoms with van der Waals surface area (Å²) in [6, 6.07) is 5.42. The van der Waals surface area contributed by atoms with Gasteiger partial charge in [0.25, 0.3) is 0 Å². The summed E-state index contributed by atoms with van der Waals surface area (Å²) in [5.74, 6) is 0.0789. The first kappa shape index (κ1) is 12.5. The topological polar surface area (TPSA) is 46.2 Å². The highest BCUT2D eigenvalue weighted by atomic mass is 32.2. The average molecular weight is 257 g/mol. The van der Waals surface area contributed by atoms with E-state index in [4.69, 9.17) is 0 Å². The van der Waals surface area contributed by atoms with Crippen LogP contribution in [0.3, 0.4) is 0 Å². The number of nitrogens with one attached hydrogen (secondary N) is 1. The molecule has 0 aliphatic heterocycles. The molecule has 1 aliphatic rings. The van der Waals surface area contributed by atoms with E-state index in [1.54, 1.807) is 0 Å². The van der Waals surface area contributed by atoms with Crippen LogP contribution in [0.2, 0.25) is 0 Å². The van der Waals surface area contributed by atoms with Gasteiger partial charge in [0.2, 0.25) is 10.0 Å². The van der Waals surface area contributed by atoms with Crippen molar-refractivity contribution in [3.63, 3.8) is 0 Å². The molecule has 2 rings (SSSR count). The van der Waals surface area contributed by atoms with Crippen molar-refractivity contribution >= 4 is 10.0 Å². The molecule has 1 aromatic rings. The van der Waals surface area contributed by atoms with Crippen molar-refractivity contribution in [3.8, 4) is 0 Å². The van der Waals surface area contributed by atoms with E-state index in [1.807, 2.05) is 0 Å².